The molecule has 20 heavy (non-hydrogen) atoms. The van der Waals surface area contributed by atoms with Gasteiger partial charge >= 0.3 is 0 Å². The van der Waals surface area contributed by atoms with Gasteiger partial charge in [0, 0.05) is 16.4 Å². The van der Waals surface area contributed by atoms with Crippen LogP contribution in [-0.4, -0.2) is 11.7 Å². The highest BCUT2D eigenvalue weighted by molar-refractivity contribution is 5.34. The summed E-state index contributed by atoms with van der Waals surface area (Å²) in [5.74, 6) is 11.8. The second-order valence-corrected chi connectivity index (χ2v) is 6.58. The third-order valence-electron chi connectivity index (χ3n) is 1.90. The SMILES string of the molecule is CC(C)(C)C#CCO.CC(C)(C)C#Cc1ccccc1. The molecule has 1 nitrogen and oxygen atoms in total. The van der Waals surface area contributed by atoms with E-state index in [0.717, 1.165) is 5.56 Å². The van der Waals surface area contributed by atoms with Crippen LogP contribution in [-0.2, 0) is 0 Å². The second-order valence-electron chi connectivity index (χ2n) is 6.58. The number of aliphatic hydroxyl groups excluding tert-OH is 1. The van der Waals surface area contributed by atoms with Gasteiger partial charge in [-0.15, -0.1) is 0 Å². The molecule has 0 atom stereocenters. The Balaban J connectivity index is 0.000000396. The maximum absolute atomic E-state index is 8.26. The van der Waals surface area contributed by atoms with Crippen LogP contribution >= 0.6 is 0 Å². The standard InChI is InChI=1S/C12H14.C7H12O/c1-12(2,3)10-9-11-7-5-4-6-8-11;1-7(2,3)5-4-6-8/h4-8H,1-3H3;8H,6H2,1-3H3. The summed E-state index contributed by atoms with van der Waals surface area (Å²) in [6, 6.07) is 10.1. The van der Waals surface area contributed by atoms with Crippen LogP contribution in [0.1, 0.15) is 47.1 Å². The number of aliphatic hydroxyl groups is 1. The minimum Gasteiger partial charge on any atom is -0.384 e. The normalized spacial score (nSPS) is 10.2. The van der Waals surface area contributed by atoms with E-state index in [2.05, 4.69) is 44.5 Å². The molecule has 0 aliphatic rings. The first-order valence-electron chi connectivity index (χ1n) is 6.83. The van der Waals surface area contributed by atoms with Crippen LogP contribution in [0.25, 0.3) is 0 Å². The van der Waals surface area contributed by atoms with Crippen molar-refractivity contribution in [1.29, 1.82) is 0 Å². The maximum atomic E-state index is 8.26. The van der Waals surface area contributed by atoms with Gasteiger partial charge in [-0.1, -0.05) is 41.9 Å². The summed E-state index contributed by atoms with van der Waals surface area (Å²) in [7, 11) is 0. The fraction of sp³-hybridized carbons (Fsp3) is 0.474. The van der Waals surface area contributed by atoms with E-state index in [-0.39, 0.29) is 17.4 Å². The fourth-order valence-electron chi connectivity index (χ4n) is 1.09. The summed E-state index contributed by atoms with van der Waals surface area (Å²) in [5, 5.41) is 8.26. The van der Waals surface area contributed by atoms with Crippen molar-refractivity contribution in [3.8, 4) is 23.7 Å². The van der Waals surface area contributed by atoms with E-state index < -0.39 is 0 Å². The van der Waals surface area contributed by atoms with Gasteiger partial charge in [-0.25, -0.2) is 0 Å². The van der Waals surface area contributed by atoms with Crippen LogP contribution in [0.5, 0.6) is 0 Å². The van der Waals surface area contributed by atoms with E-state index in [1.54, 1.807) is 0 Å². The van der Waals surface area contributed by atoms with E-state index >= 15 is 0 Å². The van der Waals surface area contributed by atoms with Gasteiger partial charge in [0.25, 0.3) is 0 Å². The quantitative estimate of drug-likeness (QED) is 0.703. The molecule has 1 aromatic carbocycles. The predicted octanol–water partition coefficient (Wildman–Crippen LogP) is 4.11. The summed E-state index contributed by atoms with van der Waals surface area (Å²) < 4.78 is 0. The summed E-state index contributed by atoms with van der Waals surface area (Å²) in [4.78, 5) is 0. The van der Waals surface area contributed by atoms with Crippen molar-refractivity contribution in [2.45, 2.75) is 41.5 Å². The minimum absolute atomic E-state index is 0.0305. The lowest BCUT2D eigenvalue weighted by atomic mass is 9.97. The van der Waals surface area contributed by atoms with E-state index in [9.17, 15) is 0 Å². The van der Waals surface area contributed by atoms with Crippen molar-refractivity contribution < 1.29 is 5.11 Å². The van der Waals surface area contributed by atoms with Gasteiger partial charge < -0.3 is 5.11 Å². The van der Waals surface area contributed by atoms with E-state index in [0.29, 0.717) is 0 Å². The molecule has 0 fully saturated rings. The Morgan fingerprint density at radius 3 is 1.70 bits per heavy atom. The molecule has 1 heteroatoms. The zero-order valence-electron chi connectivity index (χ0n) is 13.5. The van der Waals surface area contributed by atoms with Crippen LogP contribution in [0, 0.1) is 34.5 Å². The zero-order chi connectivity index (χ0) is 15.6. The highest BCUT2D eigenvalue weighted by Gasteiger charge is 2.03. The largest absolute Gasteiger partial charge is 0.384 e. The molecule has 0 aliphatic carbocycles. The van der Waals surface area contributed by atoms with Crippen molar-refractivity contribution in [2.24, 2.45) is 10.8 Å². The lowest BCUT2D eigenvalue weighted by Crippen LogP contribution is -1.99. The van der Waals surface area contributed by atoms with Gasteiger partial charge in [0.05, 0.1) is 0 Å². The van der Waals surface area contributed by atoms with Crippen molar-refractivity contribution in [2.75, 3.05) is 6.61 Å². The Kier molecular flexibility index (Phi) is 7.75. The monoisotopic (exact) mass is 270 g/mol. The molecule has 0 amide bonds. The van der Waals surface area contributed by atoms with E-state index in [1.165, 1.54) is 0 Å². The molecule has 0 unspecified atom stereocenters. The third kappa shape index (κ3) is 12.7. The maximum Gasteiger partial charge on any atom is 0.104 e. The van der Waals surface area contributed by atoms with Crippen molar-refractivity contribution in [3.05, 3.63) is 35.9 Å². The summed E-state index contributed by atoms with van der Waals surface area (Å²) in [6.07, 6.45) is 0. The van der Waals surface area contributed by atoms with Gasteiger partial charge in [0.2, 0.25) is 0 Å². The Labute approximate surface area is 124 Å². The number of benzene rings is 1. The molecule has 1 aromatic rings. The highest BCUT2D eigenvalue weighted by atomic mass is 16.2. The van der Waals surface area contributed by atoms with Crippen LogP contribution < -0.4 is 0 Å². The molecule has 0 radical (unpaired) electrons. The smallest absolute Gasteiger partial charge is 0.104 e. The Morgan fingerprint density at radius 1 is 0.850 bits per heavy atom. The van der Waals surface area contributed by atoms with E-state index in [1.807, 2.05) is 51.1 Å². The molecular weight excluding hydrogens is 244 g/mol. The number of rotatable bonds is 0. The Hall–Kier alpha value is -1.70. The molecule has 0 bridgehead atoms. The predicted molar refractivity (Wildman–Crippen MR) is 87.1 cm³/mol. The minimum atomic E-state index is -0.0305. The van der Waals surface area contributed by atoms with Crippen LogP contribution in [0.3, 0.4) is 0 Å². The average Bonchev–Trinajstić information content (AvgIpc) is 2.34. The highest BCUT2D eigenvalue weighted by Crippen LogP contribution is 2.10. The molecule has 1 rings (SSSR count). The van der Waals surface area contributed by atoms with Gasteiger partial charge in [-0.3, -0.25) is 0 Å². The molecule has 1 N–H and O–H groups in total. The topological polar surface area (TPSA) is 20.2 Å². The first kappa shape index (κ1) is 18.3. The molecule has 0 aliphatic heterocycles. The Bertz CT molecular complexity index is 490. The average molecular weight is 270 g/mol. The van der Waals surface area contributed by atoms with Crippen LogP contribution in [0.4, 0.5) is 0 Å². The van der Waals surface area contributed by atoms with Crippen molar-refractivity contribution >= 4 is 0 Å². The first-order valence-corrected chi connectivity index (χ1v) is 6.83. The lowest BCUT2D eigenvalue weighted by Gasteiger charge is -2.06. The lowest BCUT2D eigenvalue weighted by molar-refractivity contribution is 0.350. The number of hydrogen-bond donors (Lipinski definition) is 1. The van der Waals surface area contributed by atoms with Gasteiger partial charge in [0.15, 0.2) is 0 Å². The molecule has 108 valence electrons. The van der Waals surface area contributed by atoms with Gasteiger partial charge in [-0.2, -0.15) is 0 Å². The summed E-state index contributed by atoms with van der Waals surface area (Å²) in [5.41, 5.74) is 1.21. The summed E-state index contributed by atoms with van der Waals surface area (Å²) in [6.45, 7) is 12.3. The Morgan fingerprint density at radius 2 is 1.35 bits per heavy atom. The molecular formula is C19H26O. The molecule has 0 spiro atoms. The molecule has 0 heterocycles. The van der Waals surface area contributed by atoms with Crippen molar-refractivity contribution in [3.63, 3.8) is 0 Å². The molecule has 0 saturated heterocycles. The van der Waals surface area contributed by atoms with Crippen LogP contribution in [0.2, 0.25) is 0 Å². The second kappa shape index (κ2) is 8.47. The molecule has 0 aromatic heterocycles. The first-order chi connectivity index (χ1) is 9.14. The van der Waals surface area contributed by atoms with Gasteiger partial charge in [0.1, 0.15) is 6.61 Å². The van der Waals surface area contributed by atoms with Crippen molar-refractivity contribution in [1.82, 2.24) is 0 Å². The summed E-state index contributed by atoms with van der Waals surface area (Å²) >= 11 is 0. The number of hydrogen-bond acceptors (Lipinski definition) is 1. The zero-order valence-corrected chi connectivity index (χ0v) is 13.5. The molecule has 0 saturated carbocycles. The van der Waals surface area contributed by atoms with Gasteiger partial charge in [-0.05, 0) is 53.7 Å². The van der Waals surface area contributed by atoms with E-state index in [4.69, 9.17) is 5.11 Å². The fourth-order valence-corrected chi connectivity index (χ4v) is 1.09. The van der Waals surface area contributed by atoms with Crippen LogP contribution in [0.15, 0.2) is 30.3 Å². The third-order valence-corrected chi connectivity index (χ3v) is 1.90.